The highest BCUT2D eigenvalue weighted by Crippen LogP contribution is 2.20. The van der Waals surface area contributed by atoms with Crippen molar-refractivity contribution < 1.29 is 23.5 Å². The van der Waals surface area contributed by atoms with Crippen LogP contribution in [0.25, 0.3) is 0 Å². The van der Waals surface area contributed by atoms with Gasteiger partial charge in [-0.15, -0.1) is 0 Å². The van der Waals surface area contributed by atoms with E-state index in [1.807, 2.05) is 13.0 Å². The minimum absolute atomic E-state index is 0.117. The smallest absolute Gasteiger partial charge is 0.312 e. The summed E-state index contributed by atoms with van der Waals surface area (Å²) < 4.78 is 10.3. The molecule has 8 heteroatoms. The number of nitrogens with zero attached hydrogens (tertiary/aromatic N) is 2. The van der Waals surface area contributed by atoms with Crippen LogP contribution in [0.3, 0.4) is 0 Å². The van der Waals surface area contributed by atoms with Crippen LogP contribution in [-0.4, -0.2) is 60.8 Å². The molecule has 1 aromatic heterocycles. The molecular weight excluding hydrogens is 374 g/mol. The number of rotatable bonds is 4. The van der Waals surface area contributed by atoms with Crippen LogP contribution in [0.4, 0.5) is 0 Å². The number of carbonyl (C=O) groups excluding carboxylic acids is 3. The highest BCUT2D eigenvalue weighted by molar-refractivity contribution is 6.35. The van der Waals surface area contributed by atoms with Crippen molar-refractivity contribution in [3.8, 4) is 5.75 Å². The summed E-state index contributed by atoms with van der Waals surface area (Å²) in [6, 6.07) is 6.74. The average Bonchev–Trinajstić information content (AvgIpc) is 3.28. The van der Waals surface area contributed by atoms with Gasteiger partial charge in [-0.2, -0.15) is 0 Å². The third-order valence-electron chi connectivity index (χ3n) is 5.09. The highest BCUT2D eigenvalue weighted by Gasteiger charge is 2.29. The molecule has 0 radical (unpaired) electrons. The number of amides is 3. The molecule has 1 aromatic carbocycles. The molecule has 29 heavy (non-hydrogen) atoms. The second-order valence-electron chi connectivity index (χ2n) is 7.02. The normalized spacial score (nSPS) is 15.0. The summed E-state index contributed by atoms with van der Waals surface area (Å²) >= 11 is 0. The number of hydrogen-bond acceptors (Lipinski definition) is 5. The number of ether oxygens (including phenoxy) is 1. The van der Waals surface area contributed by atoms with Crippen molar-refractivity contribution in [3.05, 3.63) is 53.5 Å². The maximum atomic E-state index is 12.7. The molecule has 3 rings (SSSR count). The number of piperazine rings is 1. The van der Waals surface area contributed by atoms with E-state index in [0.717, 1.165) is 11.1 Å². The number of carbonyl (C=O) groups is 3. The fraction of sp³-hybridized carbons (Fsp3) is 0.381. The zero-order chi connectivity index (χ0) is 21.0. The molecule has 1 N–H and O–H groups in total. The Morgan fingerprint density at radius 2 is 1.79 bits per heavy atom. The van der Waals surface area contributed by atoms with E-state index in [2.05, 4.69) is 5.32 Å². The van der Waals surface area contributed by atoms with Crippen LogP contribution in [0.1, 0.15) is 34.5 Å². The molecule has 0 saturated carbocycles. The molecule has 0 bridgehead atoms. The minimum atomic E-state index is -0.665. The third-order valence-corrected chi connectivity index (χ3v) is 5.09. The molecule has 1 aliphatic rings. The Kier molecular flexibility index (Phi) is 6.21. The third kappa shape index (κ3) is 4.59. The van der Waals surface area contributed by atoms with Gasteiger partial charge in [0, 0.05) is 37.3 Å². The zero-order valence-corrected chi connectivity index (χ0v) is 16.8. The van der Waals surface area contributed by atoms with E-state index in [1.165, 1.54) is 17.4 Å². The van der Waals surface area contributed by atoms with Gasteiger partial charge in [0.15, 0.2) is 0 Å². The van der Waals surface area contributed by atoms with Gasteiger partial charge in [0.1, 0.15) is 5.75 Å². The van der Waals surface area contributed by atoms with Crippen molar-refractivity contribution in [1.29, 1.82) is 0 Å². The number of benzene rings is 1. The molecule has 1 fully saturated rings. The highest BCUT2D eigenvalue weighted by atomic mass is 16.5. The van der Waals surface area contributed by atoms with Crippen LogP contribution in [0.15, 0.2) is 41.2 Å². The van der Waals surface area contributed by atoms with Gasteiger partial charge in [-0.1, -0.05) is 6.07 Å². The molecule has 154 valence electrons. The van der Waals surface area contributed by atoms with E-state index in [0.29, 0.717) is 37.5 Å². The Bertz CT molecular complexity index is 886. The number of nitrogens with one attached hydrogen (secondary N) is 1. The summed E-state index contributed by atoms with van der Waals surface area (Å²) in [5, 5.41) is 2.67. The predicted octanol–water partition coefficient (Wildman–Crippen LogP) is 1.76. The van der Waals surface area contributed by atoms with E-state index < -0.39 is 11.8 Å². The first-order chi connectivity index (χ1) is 13.9. The summed E-state index contributed by atoms with van der Waals surface area (Å²) in [7, 11) is 1.57. The van der Waals surface area contributed by atoms with Gasteiger partial charge in [0.25, 0.3) is 5.91 Å². The Morgan fingerprint density at radius 1 is 1.10 bits per heavy atom. The molecule has 1 saturated heterocycles. The van der Waals surface area contributed by atoms with Crippen molar-refractivity contribution in [1.82, 2.24) is 15.1 Å². The molecular formula is C21H25N3O5. The van der Waals surface area contributed by atoms with Crippen LogP contribution in [-0.2, 0) is 9.59 Å². The minimum Gasteiger partial charge on any atom is -0.496 e. The summed E-state index contributed by atoms with van der Waals surface area (Å²) in [5.74, 6) is -0.715. The summed E-state index contributed by atoms with van der Waals surface area (Å²) in [4.78, 5) is 40.6. The van der Waals surface area contributed by atoms with Crippen molar-refractivity contribution in [2.45, 2.75) is 19.9 Å². The number of hydrogen-bond donors (Lipinski definition) is 1. The number of methoxy groups -OCH3 is 1. The molecule has 2 aromatic rings. The Hall–Kier alpha value is -3.29. The van der Waals surface area contributed by atoms with E-state index in [-0.39, 0.29) is 11.9 Å². The number of furan rings is 1. The monoisotopic (exact) mass is 399 g/mol. The average molecular weight is 399 g/mol. The maximum absolute atomic E-state index is 12.7. The standard InChI is InChI=1S/C21H25N3O5/c1-14-4-5-16(12-18(14)28-3)20(26)23-7-9-24(10-8-23)21(27)19(25)22-15(2)17-6-11-29-13-17/h4-6,11-13,15H,7-10H2,1-3H3,(H,22,25)/t15-/m1/s1. The van der Waals surface area contributed by atoms with Crippen LogP contribution in [0.2, 0.25) is 0 Å². The molecule has 1 aliphatic heterocycles. The lowest BCUT2D eigenvalue weighted by Gasteiger charge is -2.34. The first-order valence-electron chi connectivity index (χ1n) is 9.46. The molecule has 3 amide bonds. The van der Waals surface area contributed by atoms with Crippen molar-refractivity contribution in [3.63, 3.8) is 0 Å². The summed E-state index contributed by atoms with van der Waals surface area (Å²) in [6.45, 7) is 5.04. The van der Waals surface area contributed by atoms with Gasteiger partial charge >= 0.3 is 11.8 Å². The van der Waals surface area contributed by atoms with Crippen LogP contribution >= 0.6 is 0 Å². The van der Waals surface area contributed by atoms with Gasteiger partial charge in [-0.25, -0.2) is 0 Å². The topological polar surface area (TPSA) is 92.1 Å². The first kappa shape index (κ1) is 20.4. The molecule has 8 nitrogen and oxygen atoms in total. The predicted molar refractivity (Wildman–Crippen MR) is 105 cm³/mol. The summed E-state index contributed by atoms with van der Waals surface area (Å²) in [6.07, 6.45) is 3.04. The van der Waals surface area contributed by atoms with Crippen LogP contribution in [0, 0.1) is 6.92 Å². The summed E-state index contributed by atoms with van der Waals surface area (Å²) in [5.41, 5.74) is 2.28. The van der Waals surface area contributed by atoms with Gasteiger partial charge < -0.3 is 24.3 Å². The lowest BCUT2D eigenvalue weighted by molar-refractivity contribution is -0.147. The Morgan fingerprint density at radius 3 is 2.41 bits per heavy atom. The Balaban J connectivity index is 1.55. The maximum Gasteiger partial charge on any atom is 0.312 e. The van der Waals surface area contributed by atoms with Gasteiger partial charge in [0.05, 0.1) is 25.7 Å². The van der Waals surface area contributed by atoms with E-state index in [4.69, 9.17) is 9.15 Å². The van der Waals surface area contributed by atoms with Crippen molar-refractivity contribution in [2.75, 3.05) is 33.3 Å². The first-order valence-corrected chi connectivity index (χ1v) is 9.46. The molecule has 2 heterocycles. The lowest BCUT2D eigenvalue weighted by Crippen LogP contribution is -2.54. The van der Waals surface area contributed by atoms with Gasteiger partial charge in [-0.05, 0) is 37.6 Å². The number of aryl methyl sites for hydroxylation is 1. The van der Waals surface area contributed by atoms with Crippen molar-refractivity contribution in [2.24, 2.45) is 0 Å². The van der Waals surface area contributed by atoms with Gasteiger partial charge in [0.2, 0.25) is 0 Å². The SMILES string of the molecule is COc1cc(C(=O)N2CCN(C(=O)C(=O)N[C@H](C)c3ccoc3)CC2)ccc1C. The van der Waals surface area contributed by atoms with Crippen molar-refractivity contribution >= 4 is 17.7 Å². The quantitative estimate of drug-likeness (QED) is 0.791. The second kappa shape index (κ2) is 8.81. The molecule has 0 unspecified atom stereocenters. The fourth-order valence-corrected chi connectivity index (χ4v) is 3.25. The van der Waals surface area contributed by atoms with Crippen LogP contribution < -0.4 is 10.1 Å². The van der Waals surface area contributed by atoms with Crippen LogP contribution in [0.5, 0.6) is 5.75 Å². The van der Waals surface area contributed by atoms with E-state index in [1.54, 1.807) is 37.1 Å². The zero-order valence-electron chi connectivity index (χ0n) is 16.8. The van der Waals surface area contributed by atoms with Gasteiger partial charge in [-0.3, -0.25) is 14.4 Å². The molecule has 1 atom stereocenters. The van der Waals surface area contributed by atoms with E-state index >= 15 is 0 Å². The van der Waals surface area contributed by atoms with E-state index in [9.17, 15) is 14.4 Å². The largest absolute Gasteiger partial charge is 0.496 e. The second-order valence-corrected chi connectivity index (χ2v) is 7.02. The fourth-order valence-electron chi connectivity index (χ4n) is 3.25. The lowest BCUT2D eigenvalue weighted by atomic mass is 10.1. The molecule has 0 spiro atoms. The Labute approximate surface area is 169 Å². The molecule has 0 aliphatic carbocycles.